The lowest BCUT2D eigenvalue weighted by Gasteiger charge is -2.30. The largest absolute Gasteiger partial charge is 0.349 e. The fraction of sp³-hybridized carbons (Fsp3) is 0.444. The first-order valence-corrected chi connectivity index (χ1v) is 9.77. The number of rotatable bonds is 9. The Labute approximate surface area is 182 Å². The van der Waals surface area contributed by atoms with Gasteiger partial charge in [0.2, 0.25) is 0 Å². The molecule has 0 spiro atoms. The first-order valence-electron chi connectivity index (χ1n) is 8.51. The zero-order chi connectivity index (χ0) is 18.2. The zero-order valence-electron chi connectivity index (χ0n) is 15.5. The van der Waals surface area contributed by atoms with E-state index in [2.05, 4.69) is 29.0 Å². The molecular weight excluding hydrogens is 427 g/mol. The minimum atomic E-state index is -0.163. The van der Waals surface area contributed by atoms with Crippen LogP contribution in [0.3, 0.4) is 0 Å². The van der Waals surface area contributed by atoms with Crippen molar-refractivity contribution in [3.63, 3.8) is 0 Å². The lowest BCUT2D eigenvalue weighted by atomic mass is 10.0. The van der Waals surface area contributed by atoms with E-state index in [1.165, 1.54) is 11.3 Å². The van der Waals surface area contributed by atoms with Crippen molar-refractivity contribution in [2.45, 2.75) is 26.3 Å². The smallest absolute Gasteiger partial charge is 0.270 e. The molecule has 1 heterocycles. The SMILES string of the molecule is CCN(CC)C(CNC(=O)c1csc(CCN)n1)c1ccccc1Cl.Cl.Cl. The molecule has 0 fully saturated rings. The van der Waals surface area contributed by atoms with Gasteiger partial charge in [0.25, 0.3) is 5.91 Å². The molecule has 3 N–H and O–H groups in total. The van der Waals surface area contributed by atoms with Gasteiger partial charge in [-0.05, 0) is 31.3 Å². The molecule has 9 heteroatoms. The summed E-state index contributed by atoms with van der Waals surface area (Å²) < 4.78 is 0. The molecule has 0 aliphatic heterocycles. The maximum atomic E-state index is 12.4. The highest BCUT2D eigenvalue weighted by molar-refractivity contribution is 7.09. The van der Waals surface area contributed by atoms with Gasteiger partial charge in [0.05, 0.1) is 11.0 Å². The summed E-state index contributed by atoms with van der Waals surface area (Å²) in [5.74, 6) is -0.163. The molecule has 152 valence electrons. The van der Waals surface area contributed by atoms with E-state index in [9.17, 15) is 4.79 Å². The van der Waals surface area contributed by atoms with E-state index in [0.29, 0.717) is 30.2 Å². The molecule has 0 saturated heterocycles. The molecule has 0 aliphatic rings. The van der Waals surface area contributed by atoms with Crippen molar-refractivity contribution in [1.29, 1.82) is 0 Å². The number of benzene rings is 1. The second-order valence-electron chi connectivity index (χ2n) is 5.63. The second-order valence-corrected chi connectivity index (χ2v) is 6.98. The van der Waals surface area contributed by atoms with Crippen molar-refractivity contribution in [1.82, 2.24) is 15.2 Å². The van der Waals surface area contributed by atoms with E-state index < -0.39 is 0 Å². The third kappa shape index (κ3) is 7.22. The molecular formula is C18H27Cl3N4OS. The summed E-state index contributed by atoms with van der Waals surface area (Å²) in [4.78, 5) is 19.1. The van der Waals surface area contributed by atoms with E-state index >= 15 is 0 Å². The summed E-state index contributed by atoms with van der Waals surface area (Å²) in [7, 11) is 0. The van der Waals surface area contributed by atoms with Crippen molar-refractivity contribution >= 4 is 53.7 Å². The maximum Gasteiger partial charge on any atom is 0.270 e. The van der Waals surface area contributed by atoms with Crippen LogP contribution in [-0.2, 0) is 6.42 Å². The van der Waals surface area contributed by atoms with Crippen LogP contribution in [0.5, 0.6) is 0 Å². The van der Waals surface area contributed by atoms with E-state index in [-0.39, 0.29) is 36.8 Å². The molecule has 1 amide bonds. The third-order valence-corrected chi connectivity index (χ3v) is 5.37. The Hall–Kier alpha value is -0.890. The van der Waals surface area contributed by atoms with Gasteiger partial charge in [0, 0.05) is 23.4 Å². The van der Waals surface area contributed by atoms with Crippen LogP contribution in [0.2, 0.25) is 5.02 Å². The number of aromatic nitrogens is 1. The number of amides is 1. The van der Waals surface area contributed by atoms with Crippen LogP contribution in [0.1, 0.15) is 40.9 Å². The number of nitrogens with two attached hydrogens (primary N) is 1. The first-order chi connectivity index (χ1) is 12.1. The topological polar surface area (TPSA) is 71.2 Å². The molecule has 0 bridgehead atoms. The predicted octanol–water partition coefficient (Wildman–Crippen LogP) is 3.95. The van der Waals surface area contributed by atoms with Gasteiger partial charge in [0.1, 0.15) is 5.69 Å². The maximum absolute atomic E-state index is 12.4. The Morgan fingerprint density at radius 2 is 1.96 bits per heavy atom. The monoisotopic (exact) mass is 452 g/mol. The average molecular weight is 454 g/mol. The number of carbonyl (C=O) groups is 1. The van der Waals surface area contributed by atoms with E-state index in [1.807, 2.05) is 24.3 Å². The predicted molar refractivity (Wildman–Crippen MR) is 119 cm³/mol. The van der Waals surface area contributed by atoms with Crippen LogP contribution < -0.4 is 11.1 Å². The zero-order valence-corrected chi connectivity index (χ0v) is 18.7. The van der Waals surface area contributed by atoms with Crippen LogP contribution in [-0.4, -0.2) is 42.0 Å². The minimum absolute atomic E-state index is 0. The average Bonchev–Trinajstić information content (AvgIpc) is 3.08. The van der Waals surface area contributed by atoms with Gasteiger partial charge in [-0.1, -0.05) is 43.6 Å². The fourth-order valence-corrected chi connectivity index (χ4v) is 3.83. The number of nitrogens with zero attached hydrogens (tertiary/aromatic N) is 2. The molecule has 5 nitrogen and oxygen atoms in total. The normalized spacial score (nSPS) is 11.4. The van der Waals surface area contributed by atoms with Crippen LogP contribution in [0.25, 0.3) is 0 Å². The fourth-order valence-electron chi connectivity index (χ4n) is 2.78. The summed E-state index contributed by atoms with van der Waals surface area (Å²) in [6.45, 7) is 6.97. The molecule has 1 unspecified atom stereocenters. The number of carbonyl (C=O) groups excluding carboxylic acids is 1. The summed E-state index contributed by atoms with van der Waals surface area (Å²) in [6.07, 6.45) is 0.694. The Balaban J connectivity index is 0.00000338. The molecule has 2 aromatic rings. The first kappa shape index (κ1) is 26.1. The van der Waals surface area contributed by atoms with Gasteiger partial charge in [-0.15, -0.1) is 36.2 Å². The van der Waals surface area contributed by atoms with Crippen molar-refractivity contribution in [3.8, 4) is 0 Å². The van der Waals surface area contributed by atoms with E-state index in [0.717, 1.165) is 23.7 Å². The highest BCUT2D eigenvalue weighted by Crippen LogP contribution is 2.27. The molecule has 1 atom stereocenters. The Bertz CT molecular complexity index is 695. The summed E-state index contributed by atoms with van der Waals surface area (Å²) in [5, 5.41) is 6.39. The molecule has 0 radical (unpaired) electrons. The Morgan fingerprint density at radius 3 is 2.56 bits per heavy atom. The van der Waals surface area contributed by atoms with Crippen LogP contribution >= 0.6 is 47.8 Å². The summed E-state index contributed by atoms with van der Waals surface area (Å²) >= 11 is 7.85. The van der Waals surface area contributed by atoms with Crippen LogP contribution in [0.15, 0.2) is 29.6 Å². The highest BCUT2D eigenvalue weighted by Gasteiger charge is 2.21. The molecule has 1 aromatic heterocycles. The second kappa shape index (κ2) is 13.3. The minimum Gasteiger partial charge on any atom is -0.349 e. The molecule has 27 heavy (non-hydrogen) atoms. The molecule has 0 saturated carbocycles. The molecule has 1 aromatic carbocycles. The quantitative estimate of drug-likeness (QED) is 0.603. The van der Waals surface area contributed by atoms with Gasteiger partial charge in [-0.25, -0.2) is 4.98 Å². The van der Waals surface area contributed by atoms with Gasteiger partial charge in [0.15, 0.2) is 0 Å². The van der Waals surface area contributed by atoms with E-state index in [4.69, 9.17) is 17.3 Å². The summed E-state index contributed by atoms with van der Waals surface area (Å²) in [6, 6.07) is 7.81. The number of halogens is 3. The molecule has 2 rings (SSSR count). The standard InChI is InChI=1S/C18H25ClN4OS.2ClH/c1-3-23(4-2)16(13-7-5-6-8-14(13)19)11-21-18(24)15-12-25-17(22-15)9-10-20;;/h5-8,12,16H,3-4,9-11,20H2,1-2H3,(H,21,24);2*1H. The van der Waals surface area contributed by atoms with Crippen molar-refractivity contribution < 1.29 is 4.79 Å². The van der Waals surface area contributed by atoms with Crippen molar-refractivity contribution in [2.75, 3.05) is 26.2 Å². The lowest BCUT2D eigenvalue weighted by Crippen LogP contribution is -2.38. The number of likely N-dealkylation sites (N-methyl/N-ethyl adjacent to an activating group) is 1. The third-order valence-electron chi connectivity index (χ3n) is 4.12. The number of hydrogen-bond acceptors (Lipinski definition) is 5. The molecule has 0 aliphatic carbocycles. The van der Waals surface area contributed by atoms with Gasteiger partial charge >= 0.3 is 0 Å². The number of nitrogens with one attached hydrogen (secondary N) is 1. The van der Waals surface area contributed by atoms with Gasteiger partial charge < -0.3 is 11.1 Å². The van der Waals surface area contributed by atoms with Crippen molar-refractivity contribution in [3.05, 3.63) is 50.9 Å². The number of thiazole rings is 1. The van der Waals surface area contributed by atoms with Gasteiger partial charge in [-0.3, -0.25) is 9.69 Å². The summed E-state index contributed by atoms with van der Waals surface area (Å²) in [5.41, 5.74) is 7.01. The van der Waals surface area contributed by atoms with Crippen LogP contribution in [0.4, 0.5) is 0 Å². The van der Waals surface area contributed by atoms with Gasteiger partial charge in [-0.2, -0.15) is 0 Å². The van der Waals surface area contributed by atoms with Crippen LogP contribution in [0, 0.1) is 0 Å². The van der Waals surface area contributed by atoms with E-state index in [1.54, 1.807) is 5.38 Å². The van der Waals surface area contributed by atoms with Crippen molar-refractivity contribution in [2.24, 2.45) is 5.73 Å². The Morgan fingerprint density at radius 1 is 1.30 bits per heavy atom. The highest BCUT2D eigenvalue weighted by atomic mass is 35.5. The number of hydrogen-bond donors (Lipinski definition) is 2. The Kier molecular flexibility index (Phi) is 12.9. The lowest BCUT2D eigenvalue weighted by molar-refractivity contribution is 0.0930.